The first-order chi connectivity index (χ1) is 7.93. The fourth-order valence-electron chi connectivity index (χ4n) is 2.00. The molecular weight excluding hydrogens is 220 g/mol. The van der Waals surface area contributed by atoms with E-state index >= 15 is 0 Å². The number of nitrogens with zero attached hydrogens (tertiary/aromatic N) is 2. The maximum absolute atomic E-state index is 12.0. The second-order valence-electron chi connectivity index (χ2n) is 4.31. The van der Waals surface area contributed by atoms with Crippen molar-refractivity contribution in [3.63, 3.8) is 0 Å². The summed E-state index contributed by atoms with van der Waals surface area (Å²) in [4.78, 5) is 22.9. The number of hydrogen-bond acceptors (Lipinski definition) is 2. The Morgan fingerprint density at radius 3 is 2.47 bits per heavy atom. The summed E-state index contributed by atoms with van der Waals surface area (Å²) in [6.07, 6.45) is 0. The van der Waals surface area contributed by atoms with Crippen molar-refractivity contribution in [1.82, 2.24) is 9.13 Å². The normalized spacial score (nSPS) is 11.3. The maximum atomic E-state index is 12.0. The molecule has 1 heterocycles. The summed E-state index contributed by atoms with van der Waals surface area (Å²) in [6.45, 7) is 3.85. The van der Waals surface area contributed by atoms with E-state index in [0.717, 1.165) is 5.52 Å². The van der Waals surface area contributed by atoms with E-state index in [0.29, 0.717) is 5.52 Å². The van der Waals surface area contributed by atoms with Crippen molar-refractivity contribution in [1.29, 1.82) is 0 Å². The largest absolute Gasteiger partial charge is 0.478 e. The Morgan fingerprint density at radius 1 is 1.29 bits per heavy atom. The van der Waals surface area contributed by atoms with Crippen LogP contribution in [0.1, 0.15) is 30.2 Å². The molecule has 17 heavy (non-hydrogen) atoms. The molecule has 5 nitrogen and oxygen atoms in total. The minimum atomic E-state index is -0.989. The van der Waals surface area contributed by atoms with Gasteiger partial charge in [0.25, 0.3) is 0 Å². The molecule has 0 aliphatic carbocycles. The van der Waals surface area contributed by atoms with Gasteiger partial charge in [0.1, 0.15) is 0 Å². The molecule has 5 heteroatoms. The number of benzene rings is 1. The van der Waals surface area contributed by atoms with E-state index in [1.807, 2.05) is 13.8 Å². The van der Waals surface area contributed by atoms with Crippen LogP contribution in [0.25, 0.3) is 11.0 Å². The molecule has 1 aromatic carbocycles. The smallest absolute Gasteiger partial charge is 0.335 e. The highest BCUT2D eigenvalue weighted by Crippen LogP contribution is 2.18. The highest BCUT2D eigenvalue weighted by atomic mass is 16.4. The van der Waals surface area contributed by atoms with Gasteiger partial charge in [-0.15, -0.1) is 0 Å². The quantitative estimate of drug-likeness (QED) is 0.858. The Hall–Kier alpha value is -2.04. The molecule has 0 amide bonds. The van der Waals surface area contributed by atoms with Crippen molar-refractivity contribution in [2.45, 2.75) is 19.9 Å². The summed E-state index contributed by atoms with van der Waals surface area (Å²) in [5.41, 5.74) is 1.47. The zero-order valence-electron chi connectivity index (χ0n) is 9.97. The Morgan fingerprint density at radius 2 is 1.94 bits per heavy atom. The van der Waals surface area contributed by atoms with Gasteiger partial charge in [-0.3, -0.25) is 9.13 Å². The zero-order chi connectivity index (χ0) is 12.7. The summed E-state index contributed by atoms with van der Waals surface area (Å²) >= 11 is 0. The molecule has 1 aromatic heterocycles. The van der Waals surface area contributed by atoms with Crippen LogP contribution in [0.3, 0.4) is 0 Å². The van der Waals surface area contributed by atoms with Gasteiger partial charge in [0.2, 0.25) is 0 Å². The van der Waals surface area contributed by atoms with Crippen LogP contribution in [0.4, 0.5) is 0 Å². The topological polar surface area (TPSA) is 64.2 Å². The third-order valence-electron chi connectivity index (χ3n) is 2.85. The summed E-state index contributed by atoms with van der Waals surface area (Å²) in [5.74, 6) is -0.989. The number of fused-ring (bicyclic) bond motifs is 1. The Labute approximate surface area is 97.9 Å². The zero-order valence-corrected chi connectivity index (χ0v) is 9.97. The summed E-state index contributed by atoms with van der Waals surface area (Å²) in [7, 11) is 1.65. The van der Waals surface area contributed by atoms with E-state index in [1.165, 1.54) is 16.7 Å². The highest BCUT2D eigenvalue weighted by Gasteiger charge is 2.14. The van der Waals surface area contributed by atoms with Crippen molar-refractivity contribution >= 4 is 17.0 Å². The summed E-state index contributed by atoms with van der Waals surface area (Å²) in [5, 5.41) is 8.93. The van der Waals surface area contributed by atoms with Crippen LogP contribution < -0.4 is 5.69 Å². The average Bonchev–Trinajstić information content (AvgIpc) is 2.51. The molecule has 0 spiro atoms. The lowest BCUT2D eigenvalue weighted by Gasteiger charge is -2.06. The monoisotopic (exact) mass is 234 g/mol. The molecule has 2 rings (SSSR count). The molecule has 0 saturated carbocycles. The van der Waals surface area contributed by atoms with Crippen LogP contribution in [0.2, 0.25) is 0 Å². The lowest BCUT2D eigenvalue weighted by molar-refractivity contribution is 0.0697. The molecule has 0 bridgehead atoms. The van der Waals surface area contributed by atoms with Gasteiger partial charge in [-0.05, 0) is 32.0 Å². The first-order valence-electron chi connectivity index (χ1n) is 5.37. The number of carboxylic acid groups (broad SMARTS) is 1. The fourth-order valence-corrected chi connectivity index (χ4v) is 2.00. The number of aryl methyl sites for hydroxylation is 1. The van der Waals surface area contributed by atoms with Crippen molar-refractivity contribution < 1.29 is 9.90 Å². The highest BCUT2D eigenvalue weighted by molar-refractivity contribution is 5.92. The number of rotatable bonds is 2. The van der Waals surface area contributed by atoms with E-state index < -0.39 is 5.97 Å². The first kappa shape index (κ1) is 11.4. The van der Waals surface area contributed by atoms with Crippen molar-refractivity contribution in [2.75, 3.05) is 0 Å². The Kier molecular flexibility index (Phi) is 2.53. The number of carboxylic acids is 1. The summed E-state index contributed by atoms with van der Waals surface area (Å²) in [6, 6.07) is 4.77. The van der Waals surface area contributed by atoms with Gasteiger partial charge >= 0.3 is 11.7 Å². The SMILES string of the molecule is CC(C)n1c(=O)n(C)c2cc(C(=O)O)ccc21. The Bertz CT molecular complexity index is 650. The van der Waals surface area contributed by atoms with Crippen LogP contribution in [0.15, 0.2) is 23.0 Å². The molecule has 0 aliphatic heterocycles. The standard InChI is InChI=1S/C12H14N2O3/c1-7(2)14-9-5-4-8(11(15)16)6-10(9)13(3)12(14)17/h4-7H,1-3H3,(H,15,16). The molecule has 2 aromatic rings. The number of hydrogen-bond donors (Lipinski definition) is 1. The van der Waals surface area contributed by atoms with E-state index in [-0.39, 0.29) is 17.3 Å². The van der Waals surface area contributed by atoms with Crippen LogP contribution in [0, 0.1) is 0 Å². The van der Waals surface area contributed by atoms with Gasteiger partial charge < -0.3 is 5.11 Å². The first-order valence-corrected chi connectivity index (χ1v) is 5.37. The van der Waals surface area contributed by atoms with Crippen molar-refractivity contribution in [3.05, 3.63) is 34.2 Å². The molecule has 0 aliphatic rings. The van der Waals surface area contributed by atoms with E-state index in [9.17, 15) is 9.59 Å². The molecule has 0 saturated heterocycles. The number of aromatic carboxylic acids is 1. The molecule has 90 valence electrons. The van der Waals surface area contributed by atoms with E-state index in [1.54, 1.807) is 17.7 Å². The predicted molar refractivity (Wildman–Crippen MR) is 64.5 cm³/mol. The minimum Gasteiger partial charge on any atom is -0.478 e. The number of imidazole rings is 1. The average molecular weight is 234 g/mol. The second kappa shape index (κ2) is 3.76. The minimum absolute atomic E-state index is 0.0434. The molecule has 0 atom stereocenters. The fraction of sp³-hybridized carbons (Fsp3) is 0.333. The van der Waals surface area contributed by atoms with Gasteiger partial charge in [-0.2, -0.15) is 0 Å². The van der Waals surface area contributed by atoms with Crippen LogP contribution in [0.5, 0.6) is 0 Å². The van der Waals surface area contributed by atoms with Crippen molar-refractivity contribution in [2.24, 2.45) is 7.05 Å². The molecule has 1 N–H and O–H groups in total. The maximum Gasteiger partial charge on any atom is 0.335 e. The van der Waals surface area contributed by atoms with Crippen LogP contribution >= 0.6 is 0 Å². The van der Waals surface area contributed by atoms with E-state index in [4.69, 9.17) is 5.11 Å². The van der Waals surface area contributed by atoms with Gasteiger partial charge in [0, 0.05) is 13.1 Å². The predicted octanol–water partition coefficient (Wildman–Crippen LogP) is 1.62. The van der Waals surface area contributed by atoms with Crippen molar-refractivity contribution in [3.8, 4) is 0 Å². The molecular formula is C12H14N2O3. The molecule has 0 unspecified atom stereocenters. The Balaban J connectivity index is 2.86. The van der Waals surface area contributed by atoms with E-state index in [2.05, 4.69) is 0 Å². The van der Waals surface area contributed by atoms with Gasteiger partial charge in [-0.25, -0.2) is 9.59 Å². The lowest BCUT2D eigenvalue weighted by Crippen LogP contribution is -2.23. The van der Waals surface area contributed by atoms with Gasteiger partial charge in [0.15, 0.2) is 0 Å². The van der Waals surface area contributed by atoms with Crippen LogP contribution in [-0.2, 0) is 7.05 Å². The third kappa shape index (κ3) is 1.63. The number of aromatic nitrogens is 2. The molecule has 0 radical (unpaired) electrons. The number of carbonyl (C=O) groups is 1. The summed E-state index contributed by atoms with van der Waals surface area (Å²) < 4.78 is 3.13. The third-order valence-corrected chi connectivity index (χ3v) is 2.85. The van der Waals surface area contributed by atoms with Gasteiger partial charge in [0.05, 0.1) is 16.6 Å². The van der Waals surface area contributed by atoms with Crippen LogP contribution in [-0.4, -0.2) is 20.2 Å². The lowest BCUT2D eigenvalue weighted by atomic mass is 10.2. The second-order valence-corrected chi connectivity index (χ2v) is 4.31. The van der Waals surface area contributed by atoms with Gasteiger partial charge in [-0.1, -0.05) is 0 Å². The molecule has 0 fully saturated rings.